The van der Waals surface area contributed by atoms with E-state index < -0.39 is 5.82 Å². The van der Waals surface area contributed by atoms with Crippen molar-refractivity contribution < 1.29 is 9.18 Å². The summed E-state index contributed by atoms with van der Waals surface area (Å²) in [4.78, 5) is 16.6. The average Bonchev–Trinajstić information content (AvgIpc) is 3.19. The summed E-state index contributed by atoms with van der Waals surface area (Å²) in [6, 6.07) is -0.0367. The molecule has 2 aromatic rings. The Balaban J connectivity index is 0.00000196. The minimum Gasteiger partial charge on any atom is -0.363 e. The Kier molecular flexibility index (Phi) is 5.15. The number of hydrogen-bond donors (Lipinski definition) is 3. The third-order valence-electron chi connectivity index (χ3n) is 5.01. The molecule has 140 valence electrons. The molecule has 1 amide bonds. The smallest absolute Gasteiger partial charge is 0.254 e. The van der Waals surface area contributed by atoms with Crippen LogP contribution in [0.25, 0.3) is 11.3 Å². The second-order valence-corrected chi connectivity index (χ2v) is 6.76. The first-order chi connectivity index (χ1) is 12.0. The molecule has 2 aliphatic rings. The normalized spacial score (nSPS) is 21.7. The highest BCUT2D eigenvalue weighted by Crippen LogP contribution is 2.33. The summed E-state index contributed by atoms with van der Waals surface area (Å²) in [5.41, 5.74) is 7.96. The third kappa shape index (κ3) is 3.14. The lowest BCUT2D eigenvalue weighted by Crippen LogP contribution is -2.43. The van der Waals surface area contributed by atoms with Crippen LogP contribution in [0.5, 0.6) is 0 Å². The van der Waals surface area contributed by atoms with Crippen molar-refractivity contribution in [2.75, 3.05) is 5.32 Å². The van der Waals surface area contributed by atoms with Gasteiger partial charge in [-0.25, -0.2) is 9.37 Å². The first-order valence-electron chi connectivity index (χ1n) is 8.56. The summed E-state index contributed by atoms with van der Waals surface area (Å²) in [5.74, 6) is -0.614. The van der Waals surface area contributed by atoms with Gasteiger partial charge in [-0.2, -0.15) is 5.10 Å². The highest BCUT2D eigenvalue weighted by molar-refractivity contribution is 6.04. The molecule has 0 bridgehead atoms. The van der Waals surface area contributed by atoms with E-state index >= 15 is 0 Å². The van der Waals surface area contributed by atoms with Crippen molar-refractivity contribution in [3.05, 3.63) is 29.3 Å². The van der Waals surface area contributed by atoms with Crippen LogP contribution in [-0.4, -0.2) is 32.8 Å². The highest BCUT2D eigenvalue weighted by Gasteiger charge is 2.32. The lowest BCUT2D eigenvalue weighted by molar-refractivity contribution is 0.0966. The number of nitrogens with one attached hydrogen (secondary N) is 2. The van der Waals surface area contributed by atoms with E-state index in [0.29, 0.717) is 22.4 Å². The molecule has 1 saturated carbocycles. The van der Waals surface area contributed by atoms with Gasteiger partial charge in [-0.3, -0.25) is 9.48 Å². The van der Waals surface area contributed by atoms with Gasteiger partial charge in [0.2, 0.25) is 0 Å². The number of aryl methyl sites for hydroxylation is 1. The fraction of sp³-hybridized carbons (Fsp3) is 0.471. The molecule has 4 rings (SSSR count). The van der Waals surface area contributed by atoms with Crippen molar-refractivity contribution in [3.8, 4) is 11.3 Å². The zero-order valence-electron chi connectivity index (χ0n) is 14.5. The maximum Gasteiger partial charge on any atom is 0.254 e. The molecule has 3 heterocycles. The molecule has 0 radical (unpaired) electrons. The van der Waals surface area contributed by atoms with Gasteiger partial charge < -0.3 is 16.4 Å². The van der Waals surface area contributed by atoms with Crippen molar-refractivity contribution in [3.63, 3.8) is 0 Å². The zero-order valence-corrected chi connectivity index (χ0v) is 15.3. The number of nitrogens with two attached hydrogens (primary N) is 1. The van der Waals surface area contributed by atoms with Crippen LogP contribution in [-0.2, 0) is 13.6 Å². The van der Waals surface area contributed by atoms with Gasteiger partial charge in [0.25, 0.3) is 5.91 Å². The maximum absolute atomic E-state index is 15.0. The van der Waals surface area contributed by atoms with E-state index in [2.05, 4.69) is 20.7 Å². The second-order valence-electron chi connectivity index (χ2n) is 6.76. The molecule has 26 heavy (non-hydrogen) atoms. The van der Waals surface area contributed by atoms with E-state index in [9.17, 15) is 9.18 Å². The standard InChI is InChI=1S/C17H21FN6O.ClH/c1-24-8-9(6-21-24)15-13-10(7-20-17(13)25)14(18)16(23-15)22-12-5-3-2-4-11(12)19;/h6,8,11-12H,2-5,7,19H2,1H3,(H,20,25)(H,22,23);1H. The zero-order chi connectivity index (χ0) is 17.6. The number of carbonyl (C=O) groups is 1. The number of anilines is 1. The minimum atomic E-state index is -0.473. The summed E-state index contributed by atoms with van der Waals surface area (Å²) in [6.07, 6.45) is 7.36. The molecule has 7 nitrogen and oxygen atoms in total. The Morgan fingerprint density at radius 2 is 2.15 bits per heavy atom. The lowest BCUT2D eigenvalue weighted by atomic mass is 9.91. The number of pyridine rings is 1. The molecule has 2 atom stereocenters. The fourth-order valence-corrected chi connectivity index (χ4v) is 3.64. The Bertz CT molecular complexity index is 839. The average molecular weight is 381 g/mol. The van der Waals surface area contributed by atoms with Crippen LogP contribution < -0.4 is 16.4 Å². The predicted octanol–water partition coefficient (Wildman–Crippen LogP) is 1.97. The highest BCUT2D eigenvalue weighted by atomic mass is 35.5. The fourth-order valence-electron chi connectivity index (χ4n) is 3.64. The largest absolute Gasteiger partial charge is 0.363 e. The molecule has 2 unspecified atom stereocenters. The second kappa shape index (κ2) is 7.20. The number of halogens is 2. The van der Waals surface area contributed by atoms with Crippen LogP contribution >= 0.6 is 12.4 Å². The van der Waals surface area contributed by atoms with Crippen LogP contribution in [0.2, 0.25) is 0 Å². The molecule has 0 spiro atoms. The molecule has 1 aliphatic carbocycles. The monoisotopic (exact) mass is 380 g/mol. The number of amides is 1. The van der Waals surface area contributed by atoms with E-state index in [1.807, 2.05) is 0 Å². The van der Waals surface area contributed by atoms with Crippen LogP contribution in [0, 0.1) is 5.82 Å². The maximum atomic E-state index is 15.0. The Morgan fingerprint density at radius 3 is 2.85 bits per heavy atom. The number of hydrogen-bond acceptors (Lipinski definition) is 5. The van der Waals surface area contributed by atoms with E-state index in [0.717, 1.165) is 25.7 Å². The van der Waals surface area contributed by atoms with Crippen LogP contribution in [0.4, 0.5) is 10.2 Å². The Hall–Kier alpha value is -2.19. The SMILES string of the molecule is Cl.Cn1cc(-c2nc(NC3CCCCC3N)c(F)c3c2C(=O)NC3)cn1. The van der Waals surface area contributed by atoms with Crippen LogP contribution in [0.3, 0.4) is 0 Å². The molecule has 0 saturated heterocycles. The summed E-state index contributed by atoms with van der Waals surface area (Å²) in [7, 11) is 1.79. The first kappa shape index (κ1) is 18.6. The van der Waals surface area contributed by atoms with Crippen molar-refractivity contribution >= 4 is 24.1 Å². The molecule has 2 aromatic heterocycles. The number of rotatable bonds is 3. The van der Waals surface area contributed by atoms with Crippen LogP contribution in [0.15, 0.2) is 12.4 Å². The van der Waals surface area contributed by atoms with E-state index in [1.165, 1.54) is 0 Å². The minimum absolute atomic E-state index is 0. The molecule has 4 N–H and O–H groups in total. The number of carbonyl (C=O) groups excluding carboxylic acids is 1. The van der Waals surface area contributed by atoms with Crippen molar-refractivity contribution in [2.24, 2.45) is 12.8 Å². The third-order valence-corrected chi connectivity index (χ3v) is 5.01. The van der Waals surface area contributed by atoms with Gasteiger partial charge in [-0.05, 0) is 12.8 Å². The van der Waals surface area contributed by atoms with Crippen LogP contribution in [0.1, 0.15) is 41.6 Å². The molecule has 9 heteroatoms. The molecule has 1 aliphatic heterocycles. The Morgan fingerprint density at radius 1 is 1.38 bits per heavy atom. The van der Waals surface area contributed by atoms with Gasteiger partial charge in [0, 0.05) is 43.0 Å². The topological polar surface area (TPSA) is 97.9 Å². The summed E-state index contributed by atoms with van der Waals surface area (Å²) in [5, 5.41) is 10.0. The quantitative estimate of drug-likeness (QED) is 0.756. The summed E-state index contributed by atoms with van der Waals surface area (Å²) >= 11 is 0. The van der Waals surface area contributed by atoms with Crippen molar-refractivity contribution in [1.82, 2.24) is 20.1 Å². The van der Waals surface area contributed by atoms with Crippen molar-refractivity contribution in [1.29, 1.82) is 0 Å². The number of nitrogens with zero attached hydrogens (tertiary/aromatic N) is 3. The summed E-state index contributed by atoms with van der Waals surface area (Å²) in [6.45, 7) is 0.168. The molecular weight excluding hydrogens is 359 g/mol. The van der Waals surface area contributed by atoms with Gasteiger partial charge in [-0.15, -0.1) is 12.4 Å². The van der Waals surface area contributed by atoms with Gasteiger partial charge >= 0.3 is 0 Å². The first-order valence-corrected chi connectivity index (χ1v) is 8.56. The number of aromatic nitrogens is 3. The van der Waals surface area contributed by atoms with E-state index in [4.69, 9.17) is 5.73 Å². The lowest BCUT2D eigenvalue weighted by Gasteiger charge is -2.30. The Labute approximate surface area is 157 Å². The van der Waals surface area contributed by atoms with E-state index in [1.54, 1.807) is 24.1 Å². The molecule has 1 fully saturated rings. The summed E-state index contributed by atoms with van der Waals surface area (Å²) < 4.78 is 16.6. The number of fused-ring (bicyclic) bond motifs is 1. The molecule has 0 aromatic carbocycles. The van der Waals surface area contributed by atoms with Gasteiger partial charge in [0.05, 0.1) is 17.5 Å². The van der Waals surface area contributed by atoms with Gasteiger partial charge in [0.15, 0.2) is 11.6 Å². The van der Waals surface area contributed by atoms with Gasteiger partial charge in [-0.1, -0.05) is 12.8 Å². The molecular formula is C17H22ClFN6O. The predicted molar refractivity (Wildman–Crippen MR) is 98.7 cm³/mol. The van der Waals surface area contributed by atoms with E-state index in [-0.39, 0.29) is 42.8 Å². The van der Waals surface area contributed by atoms with Gasteiger partial charge in [0.1, 0.15) is 0 Å². The van der Waals surface area contributed by atoms with Crippen molar-refractivity contribution in [2.45, 2.75) is 44.3 Å².